The largest absolute Gasteiger partial charge is 0.481 e. The molecule has 0 aliphatic heterocycles. The number of thiophene rings is 1. The van der Waals surface area contributed by atoms with Crippen LogP contribution in [-0.2, 0) is 9.59 Å². The molecule has 1 amide bonds. The molecule has 0 spiro atoms. The summed E-state index contributed by atoms with van der Waals surface area (Å²) in [5.74, 6) is -0.890. The number of carboxylic acid groups (broad SMARTS) is 1. The summed E-state index contributed by atoms with van der Waals surface area (Å²) in [5, 5.41) is 10.8. The molecule has 0 saturated carbocycles. The van der Waals surface area contributed by atoms with E-state index in [2.05, 4.69) is 0 Å². The first-order chi connectivity index (χ1) is 8.73. The van der Waals surface area contributed by atoms with Gasteiger partial charge in [0.15, 0.2) is 0 Å². The van der Waals surface area contributed by atoms with Crippen molar-refractivity contribution in [3.05, 3.63) is 22.4 Å². The third kappa shape index (κ3) is 4.67. The Morgan fingerprint density at radius 1 is 1.42 bits per heavy atom. The van der Waals surface area contributed by atoms with E-state index in [4.69, 9.17) is 5.11 Å². The lowest BCUT2D eigenvalue weighted by molar-refractivity contribution is -0.140. The molecule has 0 radical (unpaired) electrons. The molecule has 1 N–H and O–H groups in total. The predicted molar refractivity (Wildman–Crippen MR) is 76.2 cm³/mol. The number of hydrogen-bond acceptors (Lipinski definition) is 3. The van der Waals surface area contributed by atoms with Gasteiger partial charge in [-0.2, -0.15) is 0 Å². The van der Waals surface area contributed by atoms with Gasteiger partial charge in [0.2, 0.25) is 5.91 Å². The molecule has 1 heterocycles. The summed E-state index contributed by atoms with van der Waals surface area (Å²) >= 11 is 1.62. The zero-order valence-electron chi connectivity index (χ0n) is 11.8. The maximum absolute atomic E-state index is 12.2. The van der Waals surface area contributed by atoms with Crippen molar-refractivity contribution in [3.8, 4) is 0 Å². The van der Waals surface area contributed by atoms with Gasteiger partial charge in [-0.05, 0) is 23.8 Å². The molecule has 5 heteroatoms. The van der Waals surface area contributed by atoms with Crippen LogP contribution in [0.5, 0.6) is 0 Å². The summed E-state index contributed by atoms with van der Waals surface area (Å²) in [5.41, 5.74) is -0.521. The lowest BCUT2D eigenvalue weighted by atomic mass is 9.85. The van der Waals surface area contributed by atoms with E-state index in [1.807, 2.05) is 38.3 Å². The fraction of sp³-hybridized carbons (Fsp3) is 0.571. The molecule has 0 fully saturated rings. The predicted octanol–water partition coefficient (Wildman–Crippen LogP) is 3.16. The van der Waals surface area contributed by atoms with Gasteiger partial charge in [0.25, 0.3) is 0 Å². The summed E-state index contributed by atoms with van der Waals surface area (Å²) in [6.45, 7) is 5.60. The zero-order chi connectivity index (χ0) is 14.6. The minimum absolute atomic E-state index is 0.0000368. The number of nitrogens with zero attached hydrogens (tertiary/aromatic N) is 1. The molecule has 0 aliphatic carbocycles. The molecule has 1 aromatic heterocycles. The molecule has 1 unspecified atom stereocenters. The SMILES string of the molecule is CC(c1cccs1)N(C)C(=O)CC(C)(C)CC(=O)O. The normalized spacial score (nSPS) is 13.1. The Balaban J connectivity index is 2.65. The van der Waals surface area contributed by atoms with Crippen molar-refractivity contribution in [1.82, 2.24) is 4.90 Å². The number of carbonyl (C=O) groups excluding carboxylic acids is 1. The minimum atomic E-state index is -0.869. The lowest BCUT2D eigenvalue weighted by Crippen LogP contribution is -2.33. The molecule has 1 aromatic rings. The molecule has 19 heavy (non-hydrogen) atoms. The minimum Gasteiger partial charge on any atom is -0.481 e. The molecule has 0 aliphatic rings. The Morgan fingerprint density at radius 3 is 2.53 bits per heavy atom. The van der Waals surface area contributed by atoms with Gasteiger partial charge in [0.05, 0.1) is 12.5 Å². The maximum Gasteiger partial charge on any atom is 0.303 e. The summed E-state index contributed by atoms with van der Waals surface area (Å²) in [4.78, 5) is 25.8. The molecule has 4 nitrogen and oxygen atoms in total. The summed E-state index contributed by atoms with van der Waals surface area (Å²) in [6.07, 6.45) is 0.242. The highest BCUT2D eigenvalue weighted by Crippen LogP contribution is 2.29. The lowest BCUT2D eigenvalue weighted by Gasteiger charge is -2.29. The van der Waals surface area contributed by atoms with E-state index < -0.39 is 11.4 Å². The van der Waals surface area contributed by atoms with E-state index in [0.29, 0.717) is 0 Å². The highest BCUT2D eigenvalue weighted by molar-refractivity contribution is 7.10. The molecule has 0 saturated heterocycles. The second-order valence-electron chi connectivity index (χ2n) is 5.61. The van der Waals surface area contributed by atoms with E-state index in [9.17, 15) is 9.59 Å². The van der Waals surface area contributed by atoms with Crippen molar-refractivity contribution >= 4 is 23.2 Å². The van der Waals surface area contributed by atoms with Crippen molar-refractivity contribution < 1.29 is 14.7 Å². The van der Waals surface area contributed by atoms with Gasteiger partial charge in [0, 0.05) is 18.3 Å². The molecular weight excluding hydrogens is 262 g/mol. The highest BCUT2D eigenvalue weighted by atomic mass is 32.1. The van der Waals surface area contributed by atoms with Crippen LogP contribution in [-0.4, -0.2) is 28.9 Å². The van der Waals surface area contributed by atoms with Crippen molar-refractivity contribution in [2.45, 2.75) is 39.7 Å². The van der Waals surface area contributed by atoms with E-state index in [1.54, 1.807) is 23.3 Å². The van der Waals surface area contributed by atoms with Crippen LogP contribution < -0.4 is 0 Å². The first kappa shape index (κ1) is 15.7. The number of carbonyl (C=O) groups is 2. The smallest absolute Gasteiger partial charge is 0.303 e. The van der Waals surface area contributed by atoms with Crippen LogP contribution in [0.2, 0.25) is 0 Å². The average Bonchev–Trinajstić information content (AvgIpc) is 2.77. The molecule has 1 atom stereocenters. The van der Waals surface area contributed by atoms with Crippen LogP contribution in [0.15, 0.2) is 17.5 Å². The van der Waals surface area contributed by atoms with E-state index >= 15 is 0 Å². The van der Waals surface area contributed by atoms with Crippen LogP contribution in [0.25, 0.3) is 0 Å². The average molecular weight is 283 g/mol. The quantitative estimate of drug-likeness (QED) is 0.872. The zero-order valence-corrected chi connectivity index (χ0v) is 12.7. The van der Waals surface area contributed by atoms with Gasteiger partial charge in [-0.3, -0.25) is 9.59 Å². The van der Waals surface area contributed by atoms with Gasteiger partial charge in [-0.15, -0.1) is 11.3 Å². The fourth-order valence-electron chi connectivity index (χ4n) is 1.94. The van der Waals surface area contributed by atoms with Crippen molar-refractivity contribution in [2.75, 3.05) is 7.05 Å². The van der Waals surface area contributed by atoms with Crippen LogP contribution >= 0.6 is 11.3 Å². The van der Waals surface area contributed by atoms with Crippen LogP contribution in [0, 0.1) is 5.41 Å². The maximum atomic E-state index is 12.2. The molecule has 1 rings (SSSR count). The monoisotopic (exact) mass is 283 g/mol. The van der Waals surface area contributed by atoms with E-state index in [0.717, 1.165) is 4.88 Å². The molecule has 0 bridgehead atoms. The van der Waals surface area contributed by atoms with Gasteiger partial charge in [-0.25, -0.2) is 0 Å². The van der Waals surface area contributed by atoms with Crippen LogP contribution in [0.1, 0.15) is 44.5 Å². The fourth-order valence-corrected chi connectivity index (χ4v) is 2.77. The molecule has 106 valence electrons. The van der Waals surface area contributed by atoms with Crippen molar-refractivity contribution in [3.63, 3.8) is 0 Å². The molecular formula is C14H21NO3S. The first-order valence-corrected chi connectivity index (χ1v) is 7.12. The number of carboxylic acids is 1. The summed E-state index contributed by atoms with van der Waals surface area (Å²) < 4.78 is 0. The van der Waals surface area contributed by atoms with Crippen molar-refractivity contribution in [2.24, 2.45) is 5.41 Å². The number of amides is 1. The Labute approximate surface area is 118 Å². The third-order valence-corrected chi connectivity index (χ3v) is 4.23. The van der Waals surface area contributed by atoms with Gasteiger partial charge in [0.1, 0.15) is 0 Å². The Bertz CT molecular complexity index is 440. The van der Waals surface area contributed by atoms with Gasteiger partial charge < -0.3 is 10.0 Å². The number of rotatable bonds is 6. The standard InChI is InChI=1S/C14H21NO3S/c1-10(11-6-5-7-19-11)15(4)12(16)8-14(2,3)9-13(17)18/h5-7,10H,8-9H2,1-4H3,(H,17,18). The molecule has 0 aromatic carbocycles. The second kappa shape index (κ2) is 6.19. The second-order valence-corrected chi connectivity index (χ2v) is 6.59. The van der Waals surface area contributed by atoms with Crippen LogP contribution in [0.4, 0.5) is 0 Å². The first-order valence-electron chi connectivity index (χ1n) is 6.24. The summed E-state index contributed by atoms with van der Waals surface area (Å²) in [7, 11) is 1.77. The summed E-state index contributed by atoms with van der Waals surface area (Å²) in [6, 6.07) is 3.98. The topological polar surface area (TPSA) is 57.6 Å². The van der Waals surface area contributed by atoms with Crippen molar-refractivity contribution in [1.29, 1.82) is 0 Å². The number of aliphatic carboxylic acids is 1. The Kier molecular flexibility index (Phi) is 5.11. The number of hydrogen-bond donors (Lipinski definition) is 1. The van der Waals surface area contributed by atoms with Crippen LogP contribution in [0.3, 0.4) is 0 Å². The Morgan fingerprint density at radius 2 is 2.05 bits per heavy atom. The van der Waals surface area contributed by atoms with E-state index in [-0.39, 0.29) is 24.8 Å². The highest BCUT2D eigenvalue weighted by Gasteiger charge is 2.28. The van der Waals surface area contributed by atoms with Gasteiger partial charge in [-0.1, -0.05) is 19.9 Å². The third-order valence-electron chi connectivity index (χ3n) is 3.19. The Hall–Kier alpha value is -1.36. The van der Waals surface area contributed by atoms with E-state index in [1.165, 1.54) is 0 Å². The van der Waals surface area contributed by atoms with Gasteiger partial charge >= 0.3 is 5.97 Å².